The zero-order valence-corrected chi connectivity index (χ0v) is 12.5. The van der Waals surface area contributed by atoms with Gasteiger partial charge in [0, 0.05) is 7.11 Å². The molecular weight excluding hydrogens is 280 g/mol. The van der Waals surface area contributed by atoms with Gasteiger partial charge in [0.2, 0.25) is 0 Å². The molecule has 2 rings (SSSR count). The van der Waals surface area contributed by atoms with Crippen LogP contribution < -0.4 is 10.2 Å². The van der Waals surface area contributed by atoms with Crippen molar-refractivity contribution in [2.24, 2.45) is 5.10 Å². The van der Waals surface area contributed by atoms with E-state index < -0.39 is 6.10 Å². The largest absolute Gasteiger partial charge is 0.497 e. The molecule has 0 aliphatic heterocycles. The number of hydrogen-bond acceptors (Lipinski definition) is 4. The zero-order chi connectivity index (χ0) is 15.8. The lowest BCUT2D eigenvalue weighted by Gasteiger charge is -2.13. The molecule has 0 fully saturated rings. The van der Waals surface area contributed by atoms with Crippen LogP contribution in [0, 0.1) is 0 Å². The van der Waals surface area contributed by atoms with Crippen LogP contribution in [0.1, 0.15) is 17.2 Å². The van der Waals surface area contributed by atoms with Gasteiger partial charge in [0.15, 0.2) is 6.10 Å². The van der Waals surface area contributed by atoms with E-state index in [-0.39, 0.29) is 5.91 Å². The van der Waals surface area contributed by atoms with Crippen molar-refractivity contribution in [3.05, 3.63) is 65.7 Å². The lowest BCUT2D eigenvalue weighted by atomic mass is 10.1. The molecule has 0 aromatic heterocycles. The lowest BCUT2D eigenvalue weighted by Crippen LogP contribution is -2.26. The minimum absolute atomic E-state index is 0.321. The van der Waals surface area contributed by atoms with Gasteiger partial charge in [0.25, 0.3) is 5.91 Å². The number of nitrogens with one attached hydrogen (secondary N) is 1. The molecule has 2 aromatic rings. The Morgan fingerprint density at radius 2 is 1.77 bits per heavy atom. The van der Waals surface area contributed by atoms with E-state index in [1.807, 2.05) is 54.6 Å². The molecule has 0 saturated heterocycles. The Morgan fingerprint density at radius 1 is 1.09 bits per heavy atom. The second-order valence-corrected chi connectivity index (χ2v) is 4.53. The predicted molar refractivity (Wildman–Crippen MR) is 84.9 cm³/mol. The maximum atomic E-state index is 12.1. The number of hydrazone groups is 1. The summed E-state index contributed by atoms with van der Waals surface area (Å²) in [5.74, 6) is 0.447. The molecule has 22 heavy (non-hydrogen) atoms. The Labute approximate surface area is 129 Å². The van der Waals surface area contributed by atoms with Gasteiger partial charge < -0.3 is 9.47 Å². The average Bonchev–Trinajstić information content (AvgIpc) is 2.57. The van der Waals surface area contributed by atoms with Crippen molar-refractivity contribution in [3.8, 4) is 5.75 Å². The number of hydrogen-bond donors (Lipinski definition) is 1. The van der Waals surface area contributed by atoms with Crippen molar-refractivity contribution in [1.82, 2.24) is 5.43 Å². The first-order chi connectivity index (χ1) is 10.7. The van der Waals surface area contributed by atoms with Gasteiger partial charge in [0.05, 0.1) is 13.3 Å². The van der Waals surface area contributed by atoms with Crippen LogP contribution in [-0.4, -0.2) is 26.3 Å². The Balaban J connectivity index is 1.97. The highest BCUT2D eigenvalue weighted by atomic mass is 16.5. The summed E-state index contributed by atoms with van der Waals surface area (Å²) in [4.78, 5) is 12.1. The topological polar surface area (TPSA) is 59.9 Å². The number of nitrogens with zero attached hydrogens (tertiary/aromatic N) is 1. The van der Waals surface area contributed by atoms with E-state index in [1.54, 1.807) is 13.3 Å². The van der Waals surface area contributed by atoms with Gasteiger partial charge in [-0.05, 0) is 35.4 Å². The Bertz CT molecular complexity index is 624. The van der Waals surface area contributed by atoms with Gasteiger partial charge in [0.1, 0.15) is 5.75 Å². The van der Waals surface area contributed by atoms with Crippen LogP contribution in [-0.2, 0) is 9.53 Å². The molecule has 0 aliphatic carbocycles. The summed E-state index contributed by atoms with van der Waals surface area (Å²) in [6.45, 7) is 0. The zero-order valence-electron chi connectivity index (χ0n) is 12.5. The third-order valence-electron chi connectivity index (χ3n) is 3.08. The SMILES string of the molecule is COc1ccc(/C=N\NC(=O)[C@H](OC)c2ccccc2)cc1. The molecule has 0 bridgehead atoms. The minimum Gasteiger partial charge on any atom is -0.497 e. The lowest BCUT2D eigenvalue weighted by molar-refractivity contribution is -0.131. The van der Waals surface area contributed by atoms with Crippen molar-refractivity contribution < 1.29 is 14.3 Å². The molecule has 0 spiro atoms. The molecule has 1 atom stereocenters. The van der Waals surface area contributed by atoms with Crippen molar-refractivity contribution in [1.29, 1.82) is 0 Å². The summed E-state index contributed by atoms with van der Waals surface area (Å²) in [5, 5.41) is 3.95. The number of benzene rings is 2. The smallest absolute Gasteiger partial charge is 0.273 e. The summed E-state index contributed by atoms with van der Waals surface area (Å²) in [5.41, 5.74) is 4.12. The number of amides is 1. The van der Waals surface area contributed by atoms with Gasteiger partial charge >= 0.3 is 0 Å². The van der Waals surface area contributed by atoms with Gasteiger partial charge in [-0.1, -0.05) is 30.3 Å². The highest BCUT2D eigenvalue weighted by molar-refractivity contribution is 5.85. The van der Waals surface area contributed by atoms with Gasteiger partial charge in [-0.2, -0.15) is 5.10 Å². The molecule has 0 aliphatic rings. The number of carbonyl (C=O) groups excluding carboxylic acids is 1. The number of carbonyl (C=O) groups is 1. The third-order valence-corrected chi connectivity index (χ3v) is 3.08. The maximum Gasteiger partial charge on any atom is 0.273 e. The normalized spacial score (nSPS) is 12.1. The average molecular weight is 298 g/mol. The standard InChI is InChI=1S/C17H18N2O3/c1-21-15-10-8-13(9-11-15)12-18-19-17(20)16(22-2)14-6-4-3-5-7-14/h3-12,16H,1-2H3,(H,19,20)/b18-12-/t16-/m1/s1. The van der Waals surface area contributed by atoms with Crippen LogP contribution >= 0.6 is 0 Å². The fraction of sp³-hybridized carbons (Fsp3) is 0.176. The molecule has 1 amide bonds. The monoisotopic (exact) mass is 298 g/mol. The van der Waals surface area contributed by atoms with E-state index in [4.69, 9.17) is 9.47 Å². The van der Waals surface area contributed by atoms with E-state index in [0.29, 0.717) is 0 Å². The first kappa shape index (κ1) is 15.7. The third kappa shape index (κ3) is 4.17. The Morgan fingerprint density at radius 3 is 2.36 bits per heavy atom. The molecule has 0 saturated carbocycles. The molecule has 5 nitrogen and oxygen atoms in total. The van der Waals surface area contributed by atoms with Crippen LogP contribution in [0.4, 0.5) is 0 Å². The molecule has 114 valence electrons. The summed E-state index contributed by atoms with van der Waals surface area (Å²) in [6, 6.07) is 16.6. The first-order valence-corrected chi connectivity index (χ1v) is 6.79. The minimum atomic E-state index is -0.686. The van der Waals surface area contributed by atoms with E-state index in [0.717, 1.165) is 16.9 Å². The second-order valence-electron chi connectivity index (χ2n) is 4.53. The quantitative estimate of drug-likeness (QED) is 0.658. The Kier molecular flexibility index (Phi) is 5.68. The molecule has 2 aromatic carbocycles. The van der Waals surface area contributed by atoms with Crippen molar-refractivity contribution >= 4 is 12.1 Å². The van der Waals surface area contributed by atoms with Gasteiger partial charge in [-0.15, -0.1) is 0 Å². The predicted octanol–water partition coefficient (Wildman–Crippen LogP) is 2.53. The summed E-state index contributed by atoms with van der Waals surface area (Å²) in [6.07, 6.45) is 0.879. The van der Waals surface area contributed by atoms with E-state index >= 15 is 0 Å². The van der Waals surface area contributed by atoms with Crippen LogP contribution in [0.5, 0.6) is 5.75 Å². The highest BCUT2D eigenvalue weighted by Crippen LogP contribution is 2.16. The van der Waals surface area contributed by atoms with E-state index in [9.17, 15) is 4.79 Å². The van der Waals surface area contributed by atoms with Gasteiger partial charge in [-0.25, -0.2) is 5.43 Å². The number of ether oxygens (including phenoxy) is 2. The summed E-state index contributed by atoms with van der Waals surface area (Å²) in [7, 11) is 3.10. The van der Waals surface area contributed by atoms with Crippen molar-refractivity contribution in [2.45, 2.75) is 6.10 Å². The fourth-order valence-electron chi connectivity index (χ4n) is 1.94. The Hall–Kier alpha value is -2.66. The van der Waals surface area contributed by atoms with Crippen LogP contribution in [0.25, 0.3) is 0 Å². The molecule has 5 heteroatoms. The molecule has 0 heterocycles. The number of rotatable bonds is 6. The van der Waals surface area contributed by atoms with Crippen molar-refractivity contribution in [2.75, 3.05) is 14.2 Å². The van der Waals surface area contributed by atoms with Crippen LogP contribution in [0.2, 0.25) is 0 Å². The van der Waals surface area contributed by atoms with E-state index in [1.165, 1.54) is 7.11 Å². The highest BCUT2D eigenvalue weighted by Gasteiger charge is 2.18. The summed E-state index contributed by atoms with van der Waals surface area (Å²) >= 11 is 0. The van der Waals surface area contributed by atoms with Crippen molar-refractivity contribution in [3.63, 3.8) is 0 Å². The first-order valence-electron chi connectivity index (χ1n) is 6.79. The molecule has 0 unspecified atom stereocenters. The van der Waals surface area contributed by atoms with E-state index in [2.05, 4.69) is 10.5 Å². The number of methoxy groups -OCH3 is 2. The molecular formula is C17H18N2O3. The molecule has 1 N–H and O–H groups in total. The summed E-state index contributed by atoms with van der Waals surface area (Å²) < 4.78 is 10.3. The maximum absolute atomic E-state index is 12.1. The van der Waals surface area contributed by atoms with Gasteiger partial charge in [-0.3, -0.25) is 4.79 Å². The molecule has 0 radical (unpaired) electrons. The van der Waals surface area contributed by atoms with Crippen LogP contribution in [0.3, 0.4) is 0 Å². The fourth-order valence-corrected chi connectivity index (χ4v) is 1.94. The second kappa shape index (κ2) is 7.95. The van der Waals surface area contributed by atoms with Crippen LogP contribution in [0.15, 0.2) is 59.7 Å².